The van der Waals surface area contributed by atoms with Gasteiger partial charge in [0.1, 0.15) is 0 Å². The first-order chi connectivity index (χ1) is 7.08. The van der Waals surface area contributed by atoms with Gasteiger partial charge in [0.2, 0.25) is 10.0 Å². The zero-order valence-electron chi connectivity index (χ0n) is 9.41. The molecule has 0 aromatic heterocycles. The van der Waals surface area contributed by atoms with Crippen molar-refractivity contribution in [3.05, 3.63) is 0 Å². The molecule has 0 aliphatic carbocycles. The summed E-state index contributed by atoms with van der Waals surface area (Å²) in [7, 11) is -1.60. The largest absolute Gasteiger partial charge is 0.383 e. The van der Waals surface area contributed by atoms with Crippen LogP contribution in [0.4, 0.5) is 0 Å². The second-order valence-corrected chi connectivity index (χ2v) is 5.72. The van der Waals surface area contributed by atoms with Gasteiger partial charge in [-0.3, -0.25) is 0 Å². The molecule has 0 bridgehead atoms. The topological polar surface area (TPSA) is 46.6 Å². The Bertz CT molecular complexity index is 244. The van der Waals surface area contributed by atoms with E-state index in [4.69, 9.17) is 16.3 Å². The van der Waals surface area contributed by atoms with Crippen molar-refractivity contribution < 1.29 is 13.2 Å². The van der Waals surface area contributed by atoms with Gasteiger partial charge in [-0.1, -0.05) is 13.3 Å². The number of nitrogens with zero attached hydrogens (tertiary/aromatic N) is 1. The number of methoxy groups -OCH3 is 1. The molecule has 92 valence electrons. The molecule has 0 atom stereocenters. The van der Waals surface area contributed by atoms with E-state index in [1.807, 2.05) is 6.92 Å². The lowest BCUT2D eigenvalue weighted by atomic mass is 10.4. The minimum atomic E-state index is -3.15. The van der Waals surface area contributed by atoms with E-state index in [2.05, 4.69) is 0 Å². The summed E-state index contributed by atoms with van der Waals surface area (Å²) in [6.45, 7) is 3.12. The van der Waals surface area contributed by atoms with Crippen molar-refractivity contribution in [3.63, 3.8) is 0 Å². The maximum Gasteiger partial charge on any atom is 0.214 e. The maximum absolute atomic E-state index is 11.8. The van der Waals surface area contributed by atoms with Crippen LogP contribution in [0.15, 0.2) is 0 Å². The van der Waals surface area contributed by atoms with Crippen molar-refractivity contribution in [2.75, 3.05) is 38.4 Å². The van der Waals surface area contributed by atoms with Crippen LogP contribution in [0.5, 0.6) is 0 Å². The van der Waals surface area contributed by atoms with Crippen molar-refractivity contribution >= 4 is 21.6 Å². The first kappa shape index (κ1) is 15.2. The highest BCUT2D eigenvalue weighted by Gasteiger charge is 2.20. The van der Waals surface area contributed by atoms with Gasteiger partial charge in [-0.05, 0) is 6.42 Å². The van der Waals surface area contributed by atoms with Gasteiger partial charge in [-0.15, -0.1) is 11.6 Å². The summed E-state index contributed by atoms with van der Waals surface area (Å²) in [6.07, 6.45) is 1.56. The van der Waals surface area contributed by atoms with Crippen LogP contribution in [0.1, 0.15) is 19.8 Å². The van der Waals surface area contributed by atoms with Crippen LogP contribution in [0.2, 0.25) is 0 Å². The van der Waals surface area contributed by atoms with Gasteiger partial charge in [-0.25, -0.2) is 8.42 Å². The number of halogens is 1. The number of sulfonamides is 1. The molecule has 0 saturated carbocycles. The summed E-state index contributed by atoms with van der Waals surface area (Å²) in [5.41, 5.74) is 0. The van der Waals surface area contributed by atoms with E-state index in [1.165, 1.54) is 4.31 Å². The van der Waals surface area contributed by atoms with Crippen LogP contribution in [-0.4, -0.2) is 51.2 Å². The molecule has 0 aromatic rings. The number of unbranched alkanes of at least 4 members (excludes halogenated alkanes) is 1. The summed E-state index contributed by atoms with van der Waals surface area (Å²) in [4.78, 5) is 0. The van der Waals surface area contributed by atoms with Gasteiger partial charge in [0.25, 0.3) is 0 Å². The van der Waals surface area contributed by atoms with Crippen LogP contribution in [0.3, 0.4) is 0 Å². The molecule has 0 saturated heterocycles. The van der Waals surface area contributed by atoms with Crippen molar-refractivity contribution in [3.8, 4) is 0 Å². The highest BCUT2D eigenvalue weighted by molar-refractivity contribution is 7.89. The quantitative estimate of drug-likeness (QED) is 0.585. The molecule has 6 heteroatoms. The number of ether oxygens (including phenoxy) is 1. The third-order valence-corrected chi connectivity index (χ3v) is 4.15. The monoisotopic (exact) mass is 257 g/mol. The Morgan fingerprint density at radius 1 is 1.33 bits per heavy atom. The molecule has 0 amide bonds. The molecule has 0 spiro atoms. The van der Waals surface area contributed by atoms with E-state index >= 15 is 0 Å². The first-order valence-electron chi connectivity index (χ1n) is 5.11. The fourth-order valence-corrected chi connectivity index (χ4v) is 3.07. The lowest BCUT2D eigenvalue weighted by Gasteiger charge is -2.20. The van der Waals surface area contributed by atoms with Crippen molar-refractivity contribution in [2.45, 2.75) is 19.8 Å². The fourth-order valence-electron chi connectivity index (χ4n) is 1.13. The fraction of sp³-hybridized carbons (Fsp3) is 1.00. The zero-order valence-corrected chi connectivity index (χ0v) is 11.0. The van der Waals surface area contributed by atoms with Crippen LogP contribution >= 0.6 is 11.6 Å². The summed E-state index contributed by atoms with van der Waals surface area (Å²) in [6, 6.07) is 0. The van der Waals surface area contributed by atoms with Crippen molar-refractivity contribution in [2.24, 2.45) is 0 Å². The Kier molecular flexibility index (Phi) is 8.42. The van der Waals surface area contributed by atoms with Crippen LogP contribution in [0, 0.1) is 0 Å². The van der Waals surface area contributed by atoms with Gasteiger partial charge in [0, 0.05) is 26.1 Å². The number of rotatable bonds is 9. The van der Waals surface area contributed by atoms with Gasteiger partial charge in [0.05, 0.1) is 12.4 Å². The van der Waals surface area contributed by atoms with E-state index < -0.39 is 10.0 Å². The third-order valence-electron chi connectivity index (χ3n) is 2.03. The van der Waals surface area contributed by atoms with Crippen LogP contribution < -0.4 is 0 Å². The Morgan fingerprint density at radius 3 is 2.47 bits per heavy atom. The average molecular weight is 258 g/mol. The standard InChI is InChI=1S/C9H20ClNO3S/c1-3-4-9-15(12,13)11(6-5-10)7-8-14-2/h3-9H2,1-2H3. The minimum Gasteiger partial charge on any atom is -0.383 e. The van der Waals surface area contributed by atoms with Gasteiger partial charge < -0.3 is 4.74 Å². The van der Waals surface area contributed by atoms with Crippen LogP contribution in [0.25, 0.3) is 0 Å². The molecular weight excluding hydrogens is 238 g/mol. The third kappa shape index (κ3) is 6.35. The van der Waals surface area contributed by atoms with Gasteiger partial charge in [0.15, 0.2) is 0 Å². The molecule has 0 aliphatic heterocycles. The molecule has 0 aliphatic rings. The van der Waals surface area contributed by atoms with Crippen molar-refractivity contribution in [1.82, 2.24) is 4.31 Å². The Hall–Kier alpha value is 0.160. The summed E-state index contributed by atoms with van der Waals surface area (Å²) in [5.74, 6) is 0.513. The molecule has 0 fully saturated rings. The predicted octanol–water partition coefficient (Wildman–Crippen LogP) is 1.30. The summed E-state index contributed by atoms with van der Waals surface area (Å²) >= 11 is 5.57. The second kappa shape index (κ2) is 8.33. The number of hydrogen-bond acceptors (Lipinski definition) is 3. The molecule has 4 nitrogen and oxygen atoms in total. The average Bonchev–Trinajstić information content (AvgIpc) is 2.21. The van der Waals surface area contributed by atoms with E-state index in [0.29, 0.717) is 32.0 Å². The van der Waals surface area contributed by atoms with Gasteiger partial charge >= 0.3 is 0 Å². The Labute approximate surface area is 97.6 Å². The molecule has 15 heavy (non-hydrogen) atoms. The normalized spacial score (nSPS) is 12.3. The zero-order chi connectivity index (χ0) is 11.7. The van der Waals surface area contributed by atoms with E-state index in [-0.39, 0.29) is 5.75 Å². The highest BCUT2D eigenvalue weighted by Crippen LogP contribution is 2.05. The number of alkyl halides is 1. The molecule has 0 unspecified atom stereocenters. The second-order valence-electron chi connectivity index (χ2n) is 3.25. The molecule has 0 N–H and O–H groups in total. The van der Waals surface area contributed by atoms with Crippen molar-refractivity contribution in [1.29, 1.82) is 0 Å². The van der Waals surface area contributed by atoms with E-state index in [0.717, 1.165) is 6.42 Å². The summed E-state index contributed by atoms with van der Waals surface area (Å²) < 4.78 is 29.9. The SMILES string of the molecule is CCCCS(=O)(=O)N(CCCl)CCOC. The molecular formula is C9H20ClNO3S. The molecule has 0 heterocycles. The van der Waals surface area contributed by atoms with Gasteiger partial charge in [-0.2, -0.15) is 4.31 Å². The highest BCUT2D eigenvalue weighted by atomic mass is 35.5. The maximum atomic E-state index is 11.8. The lowest BCUT2D eigenvalue weighted by Crippen LogP contribution is -2.37. The smallest absolute Gasteiger partial charge is 0.214 e. The van der Waals surface area contributed by atoms with Crippen LogP contribution in [-0.2, 0) is 14.8 Å². The Morgan fingerprint density at radius 2 is 2.00 bits per heavy atom. The lowest BCUT2D eigenvalue weighted by molar-refractivity contribution is 0.180. The van der Waals surface area contributed by atoms with E-state index in [1.54, 1.807) is 7.11 Å². The first-order valence-corrected chi connectivity index (χ1v) is 7.25. The van der Waals surface area contributed by atoms with E-state index in [9.17, 15) is 8.42 Å². The summed E-state index contributed by atoms with van der Waals surface area (Å²) in [5, 5.41) is 0. The molecule has 0 aromatic carbocycles. The number of hydrogen-bond donors (Lipinski definition) is 0. The predicted molar refractivity (Wildman–Crippen MR) is 62.9 cm³/mol. The molecule has 0 rings (SSSR count). The minimum absolute atomic E-state index is 0.199. The molecule has 0 radical (unpaired) electrons. The Balaban J connectivity index is 4.30.